The van der Waals surface area contributed by atoms with Crippen molar-refractivity contribution in [3.63, 3.8) is 0 Å². The lowest BCUT2D eigenvalue weighted by Crippen LogP contribution is -2.35. The van der Waals surface area contributed by atoms with Crippen LogP contribution in [0.2, 0.25) is 5.02 Å². The van der Waals surface area contributed by atoms with Crippen LogP contribution in [-0.4, -0.2) is 43.7 Å². The third-order valence-electron chi connectivity index (χ3n) is 4.19. The predicted molar refractivity (Wildman–Crippen MR) is 101 cm³/mol. The highest BCUT2D eigenvalue weighted by molar-refractivity contribution is 6.30. The van der Waals surface area contributed by atoms with Gasteiger partial charge in [0.25, 0.3) is 5.91 Å². The number of carbonyl (C=O) groups is 1. The van der Waals surface area contributed by atoms with Gasteiger partial charge >= 0.3 is 0 Å². The van der Waals surface area contributed by atoms with E-state index in [0.717, 1.165) is 38.4 Å². The van der Waals surface area contributed by atoms with Gasteiger partial charge in [-0.2, -0.15) is 0 Å². The lowest BCUT2D eigenvalue weighted by Gasteiger charge is -2.26. The maximum absolute atomic E-state index is 11.9. The summed E-state index contributed by atoms with van der Waals surface area (Å²) in [5, 5.41) is 3.44. The summed E-state index contributed by atoms with van der Waals surface area (Å²) in [6.45, 7) is 4.95. The number of carbonyl (C=O) groups excluding carboxylic acids is 1. The summed E-state index contributed by atoms with van der Waals surface area (Å²) in [5.41, 5.74) is 2.33. The second-order valence-electron chi connectivity index (χ2n) is 6.23. The molecule has 0 aliphatic carbocycles. The van der Waals surface area contributed by atoms with Crippen molar-refractivity contribution in [2.24, 2.45) is 0 Å². The molecule has 1 aliphatic rings. The standard InChI is InChI=1S/C20H23ClN2O3/c21-18-2-1-3-19(12-18)26-15-20(24)22-13-16-4-6-17(7-5-16)14-23-8-10-25-11-9-23/h1-7,12H,8-11,13-15H2,(H,22,24). The van der Waals surface area contributed by atoms with Crippen LogP contribution in [0.4, 0.5) is 0 Å². The molecule has 1 N–H and O–H groups in total. The molecule has 2 aromatic rings. The summed E-state index contributed by atoms with van der Waals surface area (Å²) in [4.78, 5) is 14.3. The summed E-state index contributed by atoms with van der Waals surface area (Å²) in [5.74, 6) is 0.419. The van der Waals surface area contributed by atoms with Crippen LogP contribution in [0.1, 0.15) is 11.1 Å². The summed E-state index contributed by atoms with van der Waals surface area (Å²) in [7, 11) is 0. The highest BCUT2D eigenvalue weighted by Gasteiger charge is 2.10. The molecule has 0 spiro atoms. The van der Waals surface area contributed by atoms with Gasteiger partial charge in [-0.15, -0.1) is 0 Å². The predicted octanol–water partition coefficient (Wildman–Crippen LogP) is 2.87. The van der Waals surface area contributed by atoms with Gasteiger partial charge in [-0.05, 0) is 29.3 Å². The molecule has 0 atom stereocenters. The number of morpholine rings is 1. The van der Waals surface area contributed by atoms with Crippen LogP contribution < -0.4 is 10.1 Å². The van der Waals surface area contributed by atoms with Crippen molar-refractivity contribution in [2.75, 3.05) is 32.9 Å². The van der Waals surface area contributed by atoms with Gasteiger partial charge in [0.1, 0.15) is 5.75 Å². The van der Waals surface area contributed by atoms with E-state index >= 15 is 0 Å². The van der Waals surface area contributed by atoms with Crippen molar-refractivity contribution in [2.45, 2.75) is 13.1 Å². The number of benzene rings is 2. The van der Waals surface area contributed by atoms with E-state index < -0.39 is 0 Å². The minimum Gasteiger partial charge on any atom is -0.484 e. The third-order valence-corrected chi connectivity index (χ3v) is 4.42. The second kappa shape index (κ2) is 9.57. The number of hydrogen-bond acceptors (Lipinski definition) is 4. The lowest BCUT2D eigenvalue weighted by molar-refractivity contribution is -0.123. The van der Waals surface area contributed by atoms with Crippen molar-refractivity contribution in [3.8, 4) is 5.75 Å². The molecule has 0 radical (unpaired) electrons. The molecule has 6 heteroatoms. The molecule has 26 heavy (non-hydrogen) atoms. The SMILES string of the molecule is O=C(COc1cccc(Cl)c1)NCc1ccc(CN2CCOCC2)cc1. The van der Waals surface area contributed by atoms with Gasteiger partial charge < -0.3 is 14.8 Å². The molecule has 1 amide bonds. The number of rotatable bonds is 7. The van der Waals surface area contributed by atoms with E-state index in [1.54, 1.807) is 24.3 Å². The van der Waals surface area contributed by atoms with Crippen molar-refractivity contribution < 1.29 is 14.3 Å². The van der Waals surface area contributed by atoms with Crippen LogP contribution in [-0.2, 0) is 22.6 Å². The van der Waals surface area contributed by atoms with Crippen LogP contribution in [0.15, 0.2) is 48.5 Å². The quantitative estimate of drug-likeness (QED) is 0.809. The van der Waals surface area contributed by atoms with E-state index in [1.165, 1.54) is 5.56 Å². The topological polar surface area (TPSA) is 50.8 Å². The first-order chi connectivity index (χ1) is 12.7. The first-order valence-electron chi connectivity index (χ1n) is 8.72. The first kappa shape index (κ1) is 18.7. The monoisotopic (exact) mass is 374 g/mol. The van der Waals surface area contributed by atoms with Gasteiger partial charge in [0, 0.05) is 31.2 Å². The molecule has 1 fully saturated rings. The Morgan fingerprint density at radius 1 is 1.12 bits per heavy atom. The third kappa shape index (κ3) is 6.02. The van der Waals surface area contributed by atoms with Gasteiger partial charge in [-0.3, -0.25) is 9.69 Å². The molecule has 0 unspecified atom stereocenters. The fourth-order valence-electron chi connectivity index (χ4n) is 2.74. The van der Waals surface area contributed by atoms with Gasteiger partial charge in [0.2, 0.25) is 0 Å². The average molecular weight is 375 g/mol. The van der Waals surface area contributed by atoms with Crippen molar-refractivity contribution >= 4 is 17.5 Å². The lowest BCUT2D eigenvalue weighted by atomic mass is 10.1. The zero-order valence-corrected chi connectivity index (χ0v) is 15.4. The fraction of sp³-hybridized carbons (Fsp3) is 0.350. The molecule has 138 valence electrons. The molecule has 0 saturated carbocycles. The number of hydrogen-bond donors (Lipinski definition) is 1. The van der Waals surface area contributed by atoms with Gasteiger partial charge in [-0.25, -0.2) is 0 Å². The Labute approximate surface area is 158 Å². The maximum Gasteiger partial charge on any atom is 0.258 e. The molecule has 2 aromatic carbocycles. The van der Waals surface area contributed by atoms with Crippen LogP contribution >= 0.6 is 11.6 Å². The van der Waals surface area contributed by atoms with E-state index in [1.807, 2.05) is 12.1 Å². The Morgan fingerprint density at radius 3 is 2.58 bits per heavy atom. The molecular formula is C20H23ClN2O3. The molecule has 0 aromatic heterocycles. The minimum absolute atomic E-state index is 0.0323. The highest BCUT2D eigenvalue weighted by Crippen LogP contribution is 2.16. The Hall–Kier alpha value is -2.08. The summed E-state index contributed by atoms with van der Waals surface area (Å²) in [6, 6.07) is 15.3. The Balaban J connectivity index is 1.40. The largest absolute Gasteiger partial charge is 0.484 e. The van der Waals surface area contributed by atoms with Gasteiger partial charge in [0.15, 0.2) is 6.61 Å². The maximum atomic E-state index is 11.9. The summed E-state index contributed by atoms with van der Waals surface area (Å²) >= 11 is 5.89. The number of halogens is 1. The zero-order valence-electron chi connectivity index (χ0n) is 14.6. The van der Waals surface area contributed by atoms with E-state index in [0.29, 0.717) is 17.3 Å². The van der Waals surface area contributed by atoms with E-state index in [4.69, 9.17) is 21.1 Å². The zero-order chi connectivity index (χ0) is 18.2. The van der Waals surface area contributed by atoms with Crippen LogP contribution in [0.3, 0.4) is 0 Å². The molecule has 5 nitrogen and oxygen atoms in total. The Morgan fingerprint density at radius 2 is 1.85 bits per heavy atom. The van der Waals surface area contributed by atoms with E-state index in [-0.39, 0.29) is 12.5 Å². The summed E-state index contributed by atoms with van der Waals surface area (Å²) < 4.78 is 10.8. The molecule has 3 rings (SSSR count). The first-order valence-corrected chi connectivity index (χ1v) is 9.10. The van der Waals surface area contributed by atoms with Gasteiger partial charge in [0.05, 0.1) is 13.2 Å². The molecule has 1 saturated heterocycles. The van der Waals surface area contributed by atoms with Crippen molar-refractivity contribution in [1.29, 1.82) is 0 Å². The molecule has 0 bridgehead atoms. The van der Waals surface area contributed by atoms with Crippen LogP contribution in [0, 0.1) is 0 Å². The average Bonchev–Trinajstić information content (AvgIpc) is 2.67. The Kier molecular flexibility index (Phi) is 6.89. The van der Waals surface area contributed by atoms with Gasteiger partial charge in [-0.1, -0.05) is 41.9 Å². The molecule has 1 heterocycles. The Bertz CT molecular complexity index is 715. The molecular weight excluding hydrogens is 352 g/mol. The van der Waals surface area contributed by atoms with Crippen molar-refractivity contribution in [3.05, 3.63) is 64.7 Å². The highest BCUT2D eigenvalue weighted by atomic mass is 35.5. The van der Waals surface area contributed by atoms with E-state index in [9.17, 15) is 4.79 Å². The minimum atomic E-state index is -0.164. The number of ether oxygens (including phenoxy) is 2. The summed E-state index contributed by atoms with van der Waals surface area (Å²) in [6.07, 6.45) is 0. The fourth-order valence-corrected chi connectivity index (χ4v) is 2.92. The normalized spacial score (nSPS) is 14.8. The van der Waals surface area contributed by atoms with E-state index in [2.05, 4.69) is 22.3 Å². The second-order valence-corrected chi connectivity index (χ2v) is 6.66. The van der Waals surface area contributed by atoms with Crippen LogP contribution in [0.5, 0.6) is 5.75 Å². The smallest absolute Gasteiger partial charge is 0.258 e. The van der Waals surface area contributed by atoms with Crippen molar-refractivity contribution in [1.82, 2.24) is 10.2 Å². The number of amides is 1. The number of nitrogens with zero attached hydrogens (tertiary/aromatic N) is 1. The molecule has 1 aliphatic heterocycles. The van der Waals surface area contributed by atoms with Crippen LogP contribution in [0.25, 0.3) is 0 Å². The number of nitrogens with one attached hydrogen (secondary N) is 1.